The maximum absolute atomic E-state index is 5.51. The highest BCUT2D eigenvalue weighted by molar-refractivity contribution is 5.25. The average molecular weight is 239 g/mol. The predicted octanol–water partition coefficient (Wildman–Crippen LogP) is 2.77. The van der Waals surface area contributed by atoms with Gasteiger partial charge in [0.1, 0.15) is 0 Å². The number of hydrogen-bond donors (Lipinski definition) is 1. The van der Waals surface area contributed by atoms with Crippen molar-refractivity contribution in [2.24, 2.45) is 5.92 Å². The molecule has 1 heterocycles. The van der Waals surface area contributed by atoms with E-state index in [2.05, 4.69) is 35.6 Å². The van der Waals surface area contributed by atoms with Crippen LogP contribution in [0.15, 0.2) is 12.4 Å². The topological polar surface area (TPSA) is 39.1 Å². The van der Waals surface area contributed by atoms with Crippen molar-refractivity contribution in [2.75, 3.05) is 25.1 Å². The van der Waals surface area contributed by atoms with Crippen molar-refractivity contribution >= 4 is 5.95 Å². The van der Waals surface area contributed by atoms with Gasteiger partial charge in [-0.1, -0.05) is 27.2 Å². The molecule has 0 atom stereocenters. The van der Waals surface area contributed by atoms with Crippen LogP contribution in [0, 0.1) is 5.92 Å². The molecule has 0 amide bonds. The SMILES string of the molecule is CCCCn1ccnc1NCCOCC(C)C. The van der Waals surface area contributed by atoms with Crippen molar-refractivity contribution in [3.8, 4) is 0 Å². The molecule has 1 aromatic heterocycles. The van der Waals surface area contributed by atoms with Crippen LogP contribution in [0.1, 0.15) is 33.6 Å². The van der Waals surface area contributed by atoms with E-state index in [4.69, 9.17) is 4.74 Å². The summed E-state index contributed by atoms with van der Waals surface area (Å²) in [6.07, 6.45) is 6.25. The second kappa shape index (κ2) is 8.12. The van der Waals surface area contributed by atoms with Crippen molar-refractivity contribution in [3.05, 3.63) is 12.4 Å². The molecule has 0 bridgehead atoms. The number of nitrogens with zero attached hydrogens (tertiary/aromatic N) is 2. The van der Waals surface area contributed by atoms with Gasteiger partial charge in [0.25, 0.3) is 0 Å². The number of hydrogen-bond acceptors (Lipinski definition) is 3. The minimum absolute atomic E-state index is 0.599. The van der Waals surface area contributed by atoms with Gasteiger partial charge in [-0.15, -0.1) is 0 Å². The lowest BCUT2D eigenvalue weighted by Crippen LogP contribution is -2.15. The van der Waals surface area contributed by atoms with E-state index < -0.39 is 0 Å². The molecule has 1 aromatic rings. The van der Waals surface area contributed by atoms with E-state index in [1.54, 1.807) is 0 Å². The quantitative estimate of drug-likeness (QED) is 0.673. The third kappa shape index (κ3) is 5.73. The van der Waals surface area contributed by atoms with Crippen LogP contribution in [0.25, 0.3) is 0 Å². The number of nitrogens with one attached hydrogen (secondary N) is 1. The Balaban J connectivity index is 2.19. The molecule has 0 fully saturated rings. The maximum Gasteiger partial charge on any atom is 0.202 e. The van der Waals surface area contributed by atoms with Crippen molar-refractivity contribution in [1.29, 1.82) is 0 Å². The fraction of sp³-hybridized carbons (Fsp3) is 0.769. The first kappa shape index (κ1) is 14.0. The number of unbranched alkanes of at least 4 members (excludes halogenated alkanes) is 1. The zero-order chi connectivity index (χ0) is 12.5. The molecule has 0 aliphatic carbocycles. The van der Waals surface area contributed by atoms with Gasteiger partial charge in [-0.3, -0.25) is 0 Å². The first-order chi connectivity index (χ1) is 8.24. The Labute approximate surface area is 104 Å². The van der Waals surface area contributed by atoms with Gasteiger partial charge < -0.3 is 14.6 Å². The molecule has 0 unspecified atom stereocenters. The molecule has 0 radical (unpaired) electrons. The second-order valence-electron chi connectivity index (χ2n) is 4.69. The highest BCUT2D eigenvalue weighted by Gasteiger charge is 2.01. The number of aryl methyl sites for hydroxylation is 1. The van der Waals surface area contributed by atoms with E-state index in [0.717, 1.165) is 32.3 Å². The Morgan fingerprint density at radius 3 is 3.00 bits per heavy atom. The molecule has 1 N–H and O–H groups in total. The van der Waals surface area contributed by atoms with Gasteiger partial charge in [-0.25, -0.2) is 4.98 Å². The van der Waals surface area contributed by atoms with Crippen molar-refractivity contribution < 1.29 is 4.74 Å². The minimum atomic E-state index is 0.599. The number of aromatic nitrogens is 2. The molecule has 4 heteroatoms. The Bertz CT molecular complexity index is 297. The fourth-order valence-corrected chi connectivity index (χ4v) is 1.54. The zero-order valence-corrected chi connectivity index (χ0v) is 11.3. The molecular weight excluding hydrogens is 214 g/mol. The van der Waals surface area contributed by atoms with Crippen LogP contribution in [-0.2, 0) is 11.3 Å². The largest absolute Gasteiger partial charge is 0.379 e. The highest BCUT2D eigenvalue weighted by Crippen LogP contribution is 2.05. The zero-order valence-electron chi connectivity index (χ0n) is 11.3. The summed E-state index contributed by atoms with van der Waals surface area (Å²) in [6.45, 7) is 9.92. The molecule has 0 aromatic carbocycles. The number of rotatable bonds is 9. The lowest BCUT2D eigenvalue weighted by Gasteiger charge is -2.10. The first-order valence-electron chi connectivity index (χ1n) is 6.56. The van der Waals surface area contributed by atoms with Crippen molar-refractivity contribution in [1.82, 2.24) is 9.55 Å². The molecule has 1 rings (SSSR count). The van der Waals surface area contributed by atoms with Crippen LogP contribution in [0.4, 0.5) is 5.95 Å². The Morgan fingerprint density at radius 1 is 1.47 bits per heavy atom. The monoisotopic (exact) mass is 239 g/mol. The lowest BCUT2D eigenvalue weighted by molar-refractivity contribution is 0.118. The molecular formula is C13H25N3O. The third-order valence-corrected chi connectivity index (χ3v) is 2.45. The molecule has 0 aliphatic rings. The molecule has 17 heavy (non-hydrogen) atoms. The van der Waals surface area contributed by atoms with Crippen molar-refractivity contribution in [2.45, 2.75) is 40.2 Å². The summed E-state index contributed by atoms with van der Waals surface area (Å²) in [7, 11) is 0. The van der Waals surface area contributed by atoms with Gasteiger partial charge in [0.05, 0.1) is 6.61 Å². The number of anilines is 1. The predicted molar refractivity (Wildman–Crippen MR) is 71.3 cm³/mol. The van der Waals surface area contributed by atoms with Crippen LogP contribution in [0.5, 0.6) is 0 Å². The highest BCUT2D eigenvalue weighted by atomic mass is 16.5. The summed E-state index contributed by atoms with van der Waals surface area (Å²) in [5.74, 6) is 1.55. The lowest BCUT2D eigenvalue weighted by atomic mass is 10.2. The molecule has 4 nitrogen and oxygen atoms in total. The van der Waals surface area contributed by atoms with Crippen LogP contribution in [0.2, 0.25) is 0 Å². The van der Waals surface area contributed by atoms with E-state index in [9.17, 15) is 0 Å². The van der Waals surface area contributed by atoms with E-state index >= 15 is 0 Å². The third-order valence-electron chi connectivity index (χ3n) is 2.45. The van der Waals surface area contributed by atoms with E-state index in [-0.39, 0.29) is 0 Å². The van der Waals surface area contributed by atoms with Crippen molar-refractivity contribution in [3.63, 3.8) is 0 Å². The van der Waals surface area contributed by atoms with Gasteiger partial charge in [-0.05, 0) is 12.3 Å². The van der Waals surface area contributed by atoms with Gasteiger partial charge in [0.2, 0.25) is 5.95 Å². The Hall–Kier alpha value is -1.03. The van der Waals surface area contributed by atoms with Crippen LogP contribution < -0.4 is 5.32 Å². The fourth-order valence-electron chi connectivity index (χ4n) is 1.54. The summed E-state index contributed by atoms with van der Waals surface area (Å²) in [6, 6.07) is 0. The van der Waals surface area contributed by atoms with Crippen LogP contribution >= 0.6 is 0 Å². The molecule has 98 valence electrons. The summed E-state index contributed by atoms with van der Waals surface area (Å²) < 4.78 is 7.67. The average Bonchev–Trinajstić information content (AvgIpc) is 2.73. The molecule has 0 saturated carbocycles. The first-order valence-corrected chi connectivity index (χ1v) is 6.56. The van der Waals surface area contributed by atoms with Gasteiger partial charge >= 0.3 is 0 Å². The number of imidazole rings is 1. The summed E-state index contributed by atoms with van der Waals surface area (Å²) in [5, 5.41) is 3.30. The molecule has 0 aliphatic heterocycles. The molecule has 0 saturated heterocycles. The molecule has 0 spiro atoms. The number of ether oxygens (including phenoxy) is 1. The Morgan fingerprint density at radius 2 is 2.29 bits per heavy atom. The van der Waals surface area contributed by atoms with Gasteiger partial charge in [0, 0.05) is 32.1 Å². The van der Waals surface area contributed by atoms with Gasteiger partial charge in [0.15, 0.2) is 0 Å². The van der Waals surface area contributed by atoms with Gasteiger partial charge in [-0.2, -0.15) is 0 Å². The summed E-state index contributed by atoms with van der Waals surface area (Å²) in [5.41, 5.74) is 0. The second-order valence-corrected chi connectivity index (χ2v) is 4.69. The van der Waals surface area contributed by atoms with E-state index in [0.29, 0.717) is 5.92 Å². The summed E-state index contributed by atoms with van der Waals surface area (Å²) >= 11 is 0. The smallest absolute Gasteiger partial charge is 0.202 e. The standard InChI is InChI=1S/C13H25N3O/c1-4-5-8-16-9-6-14-13(16)15-7-10-17-11-12(2)3/h6,9,12H,4-5,7-8,10-11H2,1-3H3,(H,14,15). The Kier molecular flexibility index (Phi) is 6.70. The summed E-state index contributed by atoms with van der Waals surface area (Å²) in [4.78, 5) is 4.30. The maximum atomic E-state index is 5.51. The normalized spacial score (nSPS) is 11.1. The van der Waals surface area contributed by atoms with Crippen LogP contribution in [0.3, 0.4) is 0 Å². The minimum Gasteiger partial charge on any atom is -0.379 e. The van der Waals surface area contributed by atoms with E-state index in [1.807, 2.05) is 12.4 Å². The van der Waals surface area contributed by atoms with E-state index in [1.165, 1.54) is 12.8 Å². The van der Waals surface area contributed by atoms with Crippen LogP contribution in [-0.4, -0.2) is 29.3 Å².